The normalized spacial score (nSPS) is 15.2. The minimum atomic E-state index is -0.389. The SMILES string of the molecule is CCCCOC1=C(C=Nc2c(C)cc(C)cc2C)N=C(C=Nc2c(C)cc(C)cc2C)C1OCCCC.[Cl][Fe][Cl]. The number of hydrogen-bond donors (Lipinski definition) is 0. The number of allylic oxidation sites excluding steroid dienone is 1. The number of unbranched alkanes of at least 4 members (excludes halogenated alkanes) is 2. The average molecular weight is 628 g/mol. The Morgan fingerprint density at radius 1 is 0.775 bits per heavy atom. The summed E-state index contributed by atoms with van der Waals surface area (Å²) in [5.74, 6) is 0.731. The van der Waals surface area contributed by atoms with Crippen LogP contribution in [0.1, 0.15) is 72.9 Å². The molecule has 2 aromatic rings. The molecule has 0 saturated heterocycles. The number of halogens is 2. The summed E-state index contributed by atoms with van der Waals surface area (Å²) < 4.78 is 12.6. The third-order valence-corrected chi connectivity index (χ3v) is 6.46. The fourth-order valence-electron chi connectivity index (χ4n) is 4.70. The average Bonchev–Trinajstić information content (AvgIpc) is 3.19. The van der Waals surface area contributed by atoms with Crippen molar-refractivity contribution in [3.63, 3.8) is 0 Å². The molecule has 0 amide bonds. The van der Waals surface area contributed by atoms with Crippen LogP contribution in [0.5, 0.6) is 0 Å². The summed E-state index contributed by atoms with van der Waals surface area (Å²) in [7, 11) is 9.53. The van der Waals surface area contributed by atoms with Crippen molar-refractivity contribution in [2.45, 2.75) is 87.2 Å². The van der Waals surface area contributed by atoms with Crippen LogP contribution in [-0.4, -0.2) is 37.5 Å². The van der Waals surface area contributed by atoms with E-state index in [9.17, 15) is 0 Å². The van der Waals surface area contributed by atoms with Crippen LogP contribution in [0.15, 0.2) is 50.7 Å². The summed E-state index contributed by atoms with van der Waals surface area (Å²) in [5.41, 5.74) is 10.5. The van der Waals surface area contributed by atoms with E-state index in [1.54, 1.807) is 0 Å². The number of benzene rings is 2. The Kier molecular flexibility index (Phi) is 15.2. The maximum absolute atomic E-state index is 6.35. The maximum atomic E-state index is 6.35. The fourth-order valence-corrected chi connectivity index (χ4v) is 4.70. The Morgan fingerprint density at radius 2 is 1.23 bits per heavy atom. The van der Waals surface area contributed by atoms with Crippen molar-refractivity contribution in [3.8, 4) is 0 Å². The van der Waals surface area contributed by atoms with E-state index in [-0.39, 0.29) is 19.2 Å². The second kappa shape index (κ2) is 17.8. The van der Waals surface area contributed by atoms with Crippen LogP contribution < -0.4 is 0 Å². The predicted octanol–water partition coefficient (Wildman–Crippen LogP) is 9.69. The Hall–Kier alpha value is -1.95. The van der Waals surface area contributed by atoms with Gasteiger partial charge in [0.15, 0.2) is 11.9 Å². The predicted molar refractivity (Wildman–Crippen MR) is 169 cm³/mol. The molecule has 1 aliphatic rings. The molecule has 3 rings (SSSR count). The molecule has 8 heteroatoms. The monoisotopic (exact) mass is 627 g/mol. The van der Waals surface area contributed by atoms with Gasteiger partial charge in [0.05, 0.1) is 36.1 Å². The summed E-state index contributed by atoms with van der Waals surface area (Å²) >= 11 is 0.194. The van der Waals surface area contributed by atoms with Crippen molar-refractivity contribution in [3.05, 3.63) is 69.1 Å². The van der Waals surface area contributed by atoms with Gasteiger partial charge in [-0.05, 0) is 76.6 Å². The first-order valence-electron chi connectivity index (χ1n) is 13.8. The Labute approximate surface area is 255 Å². The number of ether oxygens (including phenoxy) is 2. The first kappa shape index (κ1) is 34.3. The van der Waals surface area contributed by atoms with Gasteiger partial charge in [-0.3, -0.25) is 9.98 Å². The molecule has 2 aromatic carbocycles. The van der Waals surface area contributed by atoms with Crippen molar-refractivity contribution < 1.29 is 22.6 Å². The molecule has 40 heavy (non-hydrogen) atoms. The van der Waals surface area contributed by atoms with Crippen LogP contribution in [0, 0.1) is 41.5 Å². The fraction of sp³-hybridized carbons (Fsp3) is 0.469. The van der Waals surface area contributed by atoms with E-state index in [2.05, 4.69) is 79.7 Å². The van der Waals surface area contributed by atoms with Crippen molar-refractivity contribution >= 4 is 49.7 Å². The number of aliphatic imine (C=N–C) groups is 3. The van der Waals surface area contributed by atoms with Crippen LogP contribution in [0.3, 0.4) is 0 Å². The first-order chi connectivity index (χ1) is 19.2. The van der Waals surface area contributed by atoms with Crippen LogP contribution in [0.2, 0.25) is 0 Å². The van der Waals surface area contributed by atoms with Gasteiger partial charge in [0, 0.05) is 6.61 Å². The molecular formula is C32H43Cl2FeN3O2. The Morgan fingerprint density at radius 3 is 1.70 bits per heavy atom. The molecule has 220 valence electrons. The van der Waals surface area contributed by atoms with E-state index >= 15 is 0 Å². The number of nitrogens with zero attached hydrogens (tertiary/aromatic N) is 3. The van der Waals surface area contributed by atoms with E-state index in [0.29, 0.717) is 18.9 Å². The molecule has 5 nitrogen and oxygen atoms in total. The molecule has 0 aromatic heterocycles. The second-order valence-corrected chi connectivity index (χ2v) is 12.0. The summed E-state index contributed by atoms with van der Waals surface area (Å²) in [6.07, 6.45) is 7.34. The summed E-state index contributed by atoms with van der Waals surface area (Å²) in [4.78, 5) is 14.7. The molecule has 0 fully saturated rings. The van der Waals surface area contributed by atoms with Crippen LogP contribution in [-0.2, 0) is 22.6 Å². The summed E-state index contributed by atoms with van der Waals surface area (Å²) in [6, 6.07) is 8.64. The van der Waals surface area contributed by atoms with E-state index in [1.807, 2.05) is 12.4 Å². The summed E-state index contributed by atoms with van der Waals surface area (Å²) in [6.45, 7) is 18.2. The van der Waals surface area contributed by atoms with Crippen molar-refractivity contribution in [1.29, 1.82) is 0 Å². The minimum absolute atomic E-state index is 0.194. The van der Waals surface area contributed by atoms with Crippen molar-refractivity contribution in [2.75, 3.05) is 13.2 Å². The van der Waals surface area contributed by atoms with Crippen molar-refractivity contribution in [1.82, 2.24) is 0 Å². The quantitative estimate of drug-likeness (QED) is 0.134. The first-order valence-corrected chi connectivity index (χ1v) is 16.9. The molecule has 0 saturated carbocycles. The molecule has 0 aliphatic carbocycles. The Balaban J connectivity index is 0.00000178. The van der Waals surface area contributed by atoms with Crippen LogP contribution in [0.4, 0.5) is 11.4 Å². The third kappa shape index (κ3) is 10.2. The zero-order chi connectivity index (χ0) is 29.7. The molecule has 0 N–H and O–H groups in total. The zero-order valence-electron chi connectivity index (χ0n) is 25.1. The Bertz CT molecular complexity index is 1210. The molecule has 0 radical (unpaired) electrons. The second-order valence-electron chi connectivity index (χ2n) is 10.2. The third-order valence-electron chi connectivity index (χ3n) is 6.46. The van der Waals surface area contributed by atoms with Gasteiger partial charge in [0.2, 0.25) is 0 Å². The molecule has 0 spiro atoms. The zero-order valence-corrected chi connectivity index (χ0v) is 27.7. The number of aryl methyl sites for hydroxylation is 6. The van der Waals surface area contributed by atoms with Gasteiger partial charge in [-0.15, -0.1) is 0 Å². The topological polar surface area (TPSA) is 55.5 Å². The number of hydrogen-bond acceptors (Lipinski definition) is 5. The molecule has 0 bridgehead atoms. The van der Waals surface area contributed by atoms with Crippen LogP contribution >= 0.6 is 20.2 Å². The molecule has 1 unspecified atom stereocenters. The molecule has 1 heterocycles. The number of rotatable bonds is 12. The van der Waals surface area contributed by atoms with Crippen LogP contribution in [0.25, 0.3) is 0 Å². The summed E-state index contributed by atoms with van der Waals surface area (Å²) in [5, 5.41) is 0. The van der Waals surface area contributed by atoms with E-state index in [1.165, 1.54) is 11.1 Å². The van der Waals surface area contributed by atoms with Crippen molar-refractivity contribution in [2.24, 2.45) is 15.0 Å². The van der Waals surface area contributed by atoms with Gasteiger partial charge in [0.1, 0.15) is 5.70 Å². The van der Waals surface area contributed by atoms with E-state index in [4.69, 9.17) is 44.6 Å². The van der Waals surface area contributed by atoms with Gasteiger partial charge >= 0.3 is 33.3 Å². The van der Waals surface area contributed by atoms with Gasteiger partial charge in [-0.25, -0.2) is 4.99 Å². The van der Waals surface area contributed by atoms with Gasteiger partial charge in [0.25, 0.3) is 0 Å². The molecule has 1 aliphatic heterocycles. The van der Waals surface area contributed by atoms with Gasteiger partial charge in [-0.2, -0.15) is 0 Å². The van der Waals surface area contributed by atoms with Gasteiger partial charge in [-0.1, -0.05) is 62.1 Å². The van der Waals surface area contributed by atoms with Gasteiger partial charge < -0.3 is 9.47 Å². The standard InChI is InChI=1S/C32H43N3O2.2ClH.Fe/c1-9-11-13-36-31-27(19-33-29-23(5)15-21(3)16-24(29)6)35-28(32(31)37-14-12-10-2)20-34-30-25(7)17-22(4)18-26(30)8;;;/h15-20,31H,9-14H2,1-8H3;2*1H;/q;;;+2/p-2. The molecular weight excluding hydrogens is 585 g/mol. The van der Waals surface area contributed by atoms with E-state index in [0.717, 1.165) is 70.8 Å². The molecule has 1 atom stereocenters. The van der Waals surface area contributed by atoms with E-state index < -0.39 is 0 Å².